The Morgan fingerprint density at radius 3 is 2.21 bits per heavy atom. The van der Waals surface area contributed by atoms with Crippen molar-refractivity contribution in [2.45, 2.75) is 31.6 Å². The molecule has 0 unspecified atom stereocenters. The average Bonchev–Trinajstić information content (AvgIpc) is 2.72. The molecule has 28 heavy (non-hydrogen) atoms. The number of benzene rings is 3. The van der Waals surface area contributed by atoms with Crippen LogP contribution in [0.4, 0.5) is 17.6 Å². The lowest BCUT2D eigenvalue weighted by atomic mass is 9.78. The smallest absolute Gasteiger partial charge is 0.195 e. The van der Waals surface area contributed by atoms with Crippen LogP contribution in [0.1, 0.15) is 37.2 Å². The Bertz CT molecular complexity index is 1020. The van der Waals surface area contributed by atoms with Crippen molar-refractivity contribution in [3.63, 3.8) is 0 Å². The Hall–Kier alpha value is -2.40. The Morgan fingerprint density at radius 1 is 0.786 bits per heavy atom. The molecule has 0 aromatic heterocycles. The van der Waals surface area contributed by atoms with Crippen LogP contribution in [0.2, 0.25) is 0 Å². The van der Waals surface area contributed by atoms with E-state index < -0.39 is 17.5 Å². The fourth-order valence-corrected chi connectivity index (χ4v) is 4.22. The number of hydrogen-bond donors (Lipinski definition) is 1. The average molecular weight is 387 g/mol. The first-order chi connectivity index (χ1) is 13.5. The van der Waals surface area contributed by atoms with Crippen LogP contribution in [0.5, 0.6) is 0 Å². The molecule has 1 aliphatic carbocycles. The van der Waals surface area contributed by atoms with Gasteiger partial charge < -0.3 is 5.73 Å². The van der Waals surface area contributed by atoms with E-state index in [1.165, 1.54) is 18.2 Å². The Kier molecular flexibility index (Phi) is 5.11. The van der Waals surface area contributed by atoms with E-state index in [4.69, 9.17) is 5.73 Å². The van der Waals surface area contributed by atoms with Crippen LogP contribution in [0.25, 0.3) is 21.9 Å². The van der Waals surface area contributed by atoms with E-state index in [0.29, 0.717) is 29.5 Å². The summed E-state index contributed by atoms with van der Waals surface area (Å²) in [6.07, 6.45) is 4.12. The van der Waals surface area contributed by atoms with Crippen LogP contribution < -0.4 is 5.73 Å². The summed E-state index contributed by atoms with van der Waals surface area (Å²) < 4.78 is 55.7. The third kappa shape index (κ3) is 3.39. The van der Waals surface area contributed by atoms with Gasteiger partial charge in [0.2, 0.25) is 0 Å². The molecular weight excluding hydrogens is 366 g/mol. The summed E-state index contributed by atoms with van der Waals surface area (Å²) in [5, 5.41) is 0.161. The molecule has 3 aromatic carbocycles. The first-order valence-electron chi connectivity index (χ1n) is 9.55. The maximum absolute atomic E-state index is 14.8. The van der Waals surface area contributed by atoms with Crippen LogP contribution >= 0.6 is 0 Å². The molecule has 1 nitrogen and oxygen atoms in total. The maximum atomic E-state index is 14.8. The molecule has 0 amide bonds. The van der Waals surface area contributed by atoms with E-state index in [0.717, 1.165) is 37.3 Å². The normalized spacial score (nSPS) is 19.9. The topological polar surface area (TPSA) is 26.0 Å². The standard InChI is InChI=1S/C23H21F4N/c24-20-10-15(14-3-1-13(12-28)2-4-14)5-7-18(20)16-6-8-19-17(9-16)11-21(25)23(27)22(19)26/h5-11,13-14H,1-4,12,28H2. The molecule has 1 saturated carbocycles. The maximum Gasteiger partial charge on any atom is 0.195 e. The predicted molar refractivity (Wildman–Crippen MR) is 103 cm³/mol. The van der Waals surface area contributed by atoms with Crippen molar-refractivity contribution in [2.24, 2.45) is 11.7 Å². The van der Waals surface area contributed by atoms with Gasteiger partial charge in [0.25, 0.3) is 0 Å². The lowest BCUT2D eigenvalue weighted by molar-refractivity contribution is 0.332. The minimum atomic E-state index is -1.50. The molecule has 146 valence electrons. The summed E-state index contributed by atoms with van der Waals surface area (Å²) >= 11 is 0. The Balaban J connectivity index is 1.65. The van der Waals surface area contributed by atoms with Gasteiger partial charge in [-0.15, -0.1) is 0 Å². The summed E-state index contributed by atoms with van der Waals surface area (Å²) in [4.78, 5) is 0. The van der Waals surface area contributed by atoms with Gasteiger partial charge in [-0.25, -0.2) is 17.6 Å². The summed E-state index contributed by atoms with van der Waals surface area (Å²) in [7, 11) is 0. The summed E-state index contributed by atoms with van der Waals surface area (Å²) in [6.45, 7) is 0.701. The number of rotatable bonds is 3. The van der Waals surface area contributed by atoms with Crippen molar-refractivity contribution in [3.05, 3.63) is 71.3 Å². The zero-order valence-electron chi connectivity index (χ0n) is 15.3. The van der Waals surface area contributed by atoms with Crippen molar-refractivity contribution in [1.82, 2.24) is 0 Å². The molecule has 0 radical (unpaired) electrons. The monoisotopic (exact) mass is 387 g/mol. The van der Waals surface area contributed by atoms with E-state index in [1.54, 1.807) is 12.1 Å². The molecule has 0 saturated heterocycles. The number of nitrogens with two attached hydrogens (primary N) is 1. The lowest BCUT2D eigenvalue weighted by Crippen LogP contribution is -2.20. The van der Waals surface area contributed by atoms with Gasteiger partial charge in [-0.1, -0.05) is 24.3 Å². The zero-order chi connectivity index (χ0) is 19.8. The highest BCUT2D eigenvalue weighted by molar-refractivity contribution is 5.88. The van der Waals surface area contributed by atoms with Gasteiger partial charge in [0, 0.05) is 10.9 Å². The minimum Gasteiger partial charge on any atom is -0.330 e. The first-order valence-corrected chi connectivity index (χ1v) is 9.55. The Labute approximate surface area is 161 Å². The van der Waals surface area contributed by atoms with Gasteiger partial charge in [0.15, 0.2) is 17.5 Å². The zero-order valence-corrected chi connectivity index (χ0v) is 15.3. The quantitative estimate of drug-likeness (QED) is 0.414. The van der Waals surface area contributed by atoms with Gasteiger partial charge in [-0.05, 0) is 78.8 Å². The van der Waals surface area contributed by atoms with Crippen molar-refractivity contribution in [1.29, 1.82) is 0 Å². The van der Waals surface area contributed by atoms with Gasteiger partial charge in [0.05, 0.1) is 0 Å². The molecule has 2 N–H and O–H groups in total. The largest absolute Gasteiger partial charge is 0.330 e. The van der Waals surface area contributed by atoms with Crippen LogP contribution in [0, 0.1) is 29.2 Å². The Morgan fingerprint density at radius 2 is 1.54 bits per heavy atom. The van der Waals surface area contributed by atoms with E-state index in [1.807, 2.05) is 6.07 Å². The molecule has 3 aromatic rings. The van der Waals surface area contributed by atoms with Gasteiger partial charge in [-0.3, -0.25) is 0 Å². The second kappa shape index (κ2) is 7.55. The van der Waals surface area contributed by atoms with Crippen molar-refractivity contribution >= 4 is 10.8 Å². The second-order valence-electron chi connectivity index (χ2n) is 7.61. The molecular formula is C23H21F4N. The minimum absolute atomic E-state index is 0.0312. The molecule has 0 atom stereocenters. The van der Waals surface area contributed by atoms with E-state index >= 15 is 0 Å². The third-order valence-corrected chi connectivity index (χ3v) is 5.93. The van der Waals surface area contributed by atoms with Crippen LogP contribution in [0.3, 0.4) is 0 Å². The fraction of sp³-hybridized carbons (Fsp3) is 0.304. The number of fused-ring (bicyclic) bond motifs is 1. The van der Waals surface area contributed by atoms with Gasteiger partial charge >= 0.3 is 0 Å². The molecule has 1 aliphatic rings. The molecule has 4 rings (SSSR count). The molecule has 0 bridgehead atoms. The van der Waals surface area contributed by atoms with Gasteiger partial charge in [-0.2, -0.15) is 0 Å². The van der Waals surface area contributed by atoms with Crippen molar-refractivity contribution in [3.8, 4) is 11.1 Å². The van der Waals surface area contributed by atoms with E-state index in [2.05, 4.69) is 0 Å². The number of halogens is 4. The SMILES string of the molecule is NCC1CCC(c2ccc(-c3ccc4c(F)c(F)c(F)cc4c3)c(F)c2)CC1. The summed E-state index contributed by atoms with van der Waals surface area (Å²) in [6, 6.07) is 10.5. The fourth-order valence-electron chi connectivity index (χ4n) is 4.22. The highest BCUT2D eigenvalue weighted by Gasteiger charge is 2.22. The molecule has 0 spiro atoms. The van der Waals surface area contributed by atoms with Gasteiger partial charge in [0.1, 0.15) is 5.82 Å². The molecule has 0 aliphatic heterocycles. The first kappa shape index (κ1) is 18.9. The highest BCUT2D eigenvalue weighted by Crippen LogP contribution is 2.37. The summed E-state index contributed by atoms with van der Waals surface area (Å²) in [5.74, 6) is -3.48. The predicted octanol–water partition coefficient (Wildman–Crippen LogP) is 6.30. The van der Waals surface area contributed by atoms with Crippen LogP contribution in [-0.4, -0.2) is 6.54 Å². The van der Waals surface area contributed by atoms with E-state index in [-0.39, 0.29) is 16.6 Å². The molecule has 5 heteroatoms. The molecule has 0 heterocycles. The van der Waals surface area contributed by atoms with Crippen molar-refractivity contribution in [2.75, 3.05) is 6.54 Å². The summed E-state index contributed by atoms with van der Waals surface area (Å²) in [5.41, 5.74) is 7.55. The number of hydrogen-bond acceptors (Lipinski definition) is 1. The third-order valence-electron chi connectivity index (χ3n) is 5.93. The van der Waals surface area contributed by atoms with Crippen LogP contribution in [0.15, 0.2) is 42.5 Å². The molecule has 1 fully saturated rings. The van der Waals surface area contributed by atoms with E-state index in [9.17, 15) is 17.6 Å². The van der Waals surface area contributed by atoms with Crippen molar-refractivity contribution < 1.29 is 17.6 Å². The lowest BCUT2D eigenvalue weighted by Gasteiger charge is -2.28. The highest BCUT2D eigenvalue weighted by atomic mass is 19.2. The second-order valence-corrected chi connectivity index (χ2v) is 7.61. The van der Waals surface area contributed by atoms with Crippen LogP contribution in [-0.2, 0) is 0 Å².